The molecule has 1 amide bonds. The molecular weight excluding hydrogens is 334 g/mol. The maximum absolute atomic E-state index is 12.6. The Labute approximate surface area is 153 Å². The van der Waals surface area contributed by atoms with Crippen LogP contribution in [0.3, 0.4) is 0 Å². The fourth-order valence-electron chi connectivity index (χ4n) is 3.30. The average molecular weight is 362 g/mol. The molecule has 136 valence electrons. The minimum Gasteiger partial charge on any atom is -0.444 e. The van der Waals surface area contributed by atoms with Crippen molar-refractivity contribution in [3.8, 4) is 0 Å². The maximum Gasteiger partial charge on any atom is 0.410 e. The van der Waals surface area contributed by atoms with Crippen molar-refractivity contribution in [1.82, 2.24) is 9.27 Å². The first-order valence-corrected chi connectivity index (χ1v) is 9.68. The number of aromatic nitrogens is 1. The maximum atomic E-state index is 12.6. The van der Waals surface area contributed by atoms with Crippen molar-refractivity contribution < 1.29 is 9.53 Å². The van der Waals surface area contributed by atoms with Crippen LogP contribution in [0.4, 0.5) is 10.6 Å². The molecule has 0 radical (unpaired) electrons. The number of likely N-dealkylation sites (tertiary alicyclic amines) is 1. The minimum absolute atomic E-state index is 0.161. The third-order valence-corrected chi connectivity index (χ3v) is 5.28. The number of rotatable bonds is 3. The summed E-state index contributed by atoms with van der Waals surface area (Å²) in [6.07, 6.45) is 2.99. The van der Waals surface area contributed by atoms with Crippen molar-refractivity contribution in [3.63, 3.8) is 0 Å². The molecule has 1 aliphatic heterocycles. The molecule has 1 saturated heterocycles. The van der Waals surface area contributed by atoms with E-state index in [1.54, 1.807) is 0 Å². The topological polar surface area (TPSA) is 45.7 Å². The van der Waals surface area contributed by atoms with Crippen LogP contribution >= 0.6 is 11.5 Å². The number of hydrogen-bond donors (Lipinski definition) is 0. The van der Waals surface area contributed by atoms with Gasteiger partial charge < -0.3 is 14.5 Å². The molecule has 3 rings (SSSR count). The van der Waals surface area contributed by atoms with Crippen LogP contribution in [-0.4, -0.2) is 47.1 Å². The monoisotopic (exact) mass is 361 g/mol. The van der Waals surface area contributed by atoms with Gasteiger partial charge in [-0.25, -0.2) is 4.79 Å². The van der Waals surface area contributed by atoms with E-state index < -0.39 is 5.60 Å². The summed E-state index contributed by atoms with van der Waals surface area (Å²) in [5.74, 6) is 0.996. The lowest BCUT2D eigenvalue weighted by molar-refractivity contribution is 0.0108. The molecule has 0 saturated carbocycles. The third-order valence-electron chi connectivity index (χ3n) is 4.46. The summed E-state index contributed by atoms with van der Waals surface area (Å²) in [5.41, 5.74) is -0.462. The molecule has 0 spiro atoms. The van der Waals surface area contributed by atoms with Gasteiger partial charge in [-0.05, 0) is 63.7 Å². The second-order valence-electron chi connectivity index (χ2n) is 7.71. The lowest BCUT2D eigenvalue weighted by Crippen LogP contribution is -2.50. The highest BCUT2D eigenvalue weighted by Gasteiger charge is 2.31. The Hall–Kier alpha value is -1.82. The van der Waals surface area contributed by atoms with E-state index in [0.717, 1.165) is 38.2 Å². The Morgan fingerprint density at radius 1 is 1.36 bits per heavy atom. The molecule has 1 atom stereocenters. The zero-order valence-corrected chi connectivity index (χ0v) is 16.3. The highest BCUT2D eigenvalue weighted by Crippen LogP contribution is 2.30. The molecule has 5 nitrogen and oxygen atoms in total. The molecule has 1 aliphatic rings. The second kappa shape index (κ2) is 7.20. The first-order chi connectivity index (χ1) is 11.8. The molecule has 1 aromatic heterocycles. The van der Waals surface area contributed by atoms with Crippen LogP contribution < -0.4 is 4.90 Å². The van der Waals surface area contributed by atoms with Crippen molar-refractivity contribution in [3.05, 3.63) is 24.3 Å². The Kier molecular flexibility index (Phi) is 5.18. The van der Waals surface area contributed by atoms with Crippen LogP contribution in [0.15, 0.2) is 24.3 Å². The number of piperidine rings is 1. The Bertz CT molecular complexity index is 738. The normalized spacial score (nSPS) is 18.4. The quantitative estimate of drug-likeness (QED) is 0.806. The van der Waals surface area contributed by atoms with E-state index in [9.17, 15) is 4.79 Å². The fraction of sp³-hybridized carbons (Fsp3) is 0.579. The van der Waals surface area contributed by atoms with Gasteiger partial charge in [0.1, 0.15) is 11.4 Å². The van der Waals surface area contributed by atoms with Crippen LogP contribution in [0.5, 0.6) is 0 Å². The molecule has 6 heteroatoms. The van der Waals surface area contributed by atoms with Crippen LogP contribution in [-0.2, 0) is 4.74 Å². The molecular formula is C19H27N3O2S. The van der Waals surface area contributed by atoms with Crippen molar-refractivity contribution in [2.45, 2.75) is 51.7 Å². The summed E-state index contributed by atoms with van der Waals surface area (Å²) in [5, 5.41) is 1.18. The number of carbonyl (C=O) groups is 1. The van der Waals surface area contributed by atoms with Gasteiger partial charge in [0.15, 0.2) is 0 Å². The largest absolute Gasteiger partial charge is 0.444 e. The Morgan fingerprint density at radius 3 is 2.88 bits per heavy atom. The molecule has 0 bridgehead atoms. The van der Waals surface area contributed by atoms with Crippen molar-refractivity contribution >= 4 is 33.5 Å². The van der Waals surface area contributed by atoms with Crippen molar-refractivity contribution in [2.24, 2.45) is 0 Å². The van der Waals surface area contributed by atoms with Crippen LogP contribution in [0, 0.1) is 0 Å². The molecule has 0 aliphatic carbocycles. The first-order valence-electron chi connectivity index (χ1n) is 8.90. The van der Waals surface area contributed by atoms with Gasteiger partial charge in [0.2, 0.25) is 0 Å². The average Bonchev–Trinajstić information content (AvgIpc) is 2.98. The zero-order chi connectivity index (χ0) is 18.0. The smallest absolute Gasteiger partial charge is 0.410 e. The molecule has 25 heavy (non-hydrogen) atoms. The minimum atomic E-state index is -0.462. The Morgan fingerprint density at radius 2 is 2.12 bits per heavy atom. The number of nitrogens with zero attached hydrogens (tertiary/aromatic N) is 3. The summed E-state index contributed by atoms with van der Waals surface area (Å²) in [7, 11) is 2.06. The molecule has 2 aromatic rings. The summed E-state index contributed by atoms with van der Waals surface area (Å²) in [4.78, 5) is 16.7. The van der Waals surface area contributed by atoms with Gasteiger partial charge in [0.25, 0.3) is 0 Å². The van der Waals surface area contributed by atoms with Gasteiger partial charge in [-0.1, -0.05) is 12.1 Å². The highest BCUT2D eigenvalue weighted by atomic mass is 32.1. The van der Waals surface area contributed by atoms with Gasteiger partial charge in [-0.15, -0.1) is 0 Å². The predicted molar refractivity (Wildman–Crippen MR) is 103 cm³/mol. The Balaban J connectivity index is 1.74. The third kappa shape index (κ3) is 4.24. The molecule has 1 aromatic carbocycles. The molecule has 0 N–H and O–H groups in total. The van der Waals surface area contributed by atoms with E-state index in [1.807, 2.05) is 37.8 Å². The summed E-state index contributed by atoms with van der Waals surface area (Å²) >= 11 is 1.52. The second-order valence-corrected chi connectivity index (χ2v) is 8.51. The fourth-order valence-corrected chi connectivity index (χ4v) is 4.12. The van der Waals surface area contributed by atoms with Crippen molar-refractivity contribution in [2.75, 3.05) is 25.0 Å². The van der Waals surface area contributed by atoms with Crippen LogP contribution in [0.2, 0.25) is 0 Å². The van der Waals surface area contributed by atoms with Gasteiger partial charge in [-0.2, -0.15) is 4.37 Å². The number of benzene rings is 1. The van der Waals surface area contributed by atoms with E-state index in [2.05, 4.69) is 28.5 Å². The van der Waals surface area contributed by atoms with E-state index in [1.165, 1.54) is 21.6 Å². The van der Waals surface area contributed by atoms with E-state index in [0.29, 0.717) is 0 Å². The number of likely N-dealkylation sites (N-methyl/N-ethyl adjacent to an activating group) is 1. The van der Waals surface area contributed by atoms with Crippen LogP contribution in [0.1, 0.15) is 40.0 Å². The molecule has 2 heterocycles. The van der Waals surface area contributed by atoms with Gasteiger partial charge in [0, 0.05) is 25.5 Å². The summed E-state index contributed by atoms with van der Waals surface area (Å²) in [6.45, 7) is 7.28. The van der Waals surface area contributed by atoms with Gasteiger partial charge in [-0.3, -0.25) is 0 Å². The standard InChI is InChI=1S/C19H27N3O2S/c1-19(2,3)24-18(23)22-12-8-7-9-14(22)13-21(4)17-15-10-5-6-11-16(15)25-20-17/h5-6,10-11,14H,7-9,12-13H2,1-4H3. The zero-order valence-electron chi connectivity index (χ0n) is 15.5. The van der Waals surface area contributed by atoms with E-state index >= 15 is 0 Å². The van der Waals surface area contributed by atoms with Gasteiger partial charge in [0.05, 0.1) is 10.7 Å². The number of hydrogen-bond acceptors (Lipinski definition) is 5. The number of amides is 1. The van der Waals surface area contributed by atoms with Gasteiger partial charge >= 0.3 is 6.09 Å². The van der Waals surface area contributed by atoms with E-state index in [-0.39, 0.29) is 12.1 Å². The SMILES string of the molecule is CN(CC1CCCCN1C(=O)OC(C)(C)C)c1nsc2ccccc12. The lowest BCUT2D eigenvalue weighted by Gasteiger charge is -2.38. The van der Waals surface area contributed by atoms with Crippen LogP contribution in [0.25, 0.3) is 10.1 Å². The number of ether oxygens (including phenoxy) is 1. The predicted octanol–water partition coefficient (Wildman–Crippen LogP) is 4.52. The van der Waals surface area contributed by atoms with E-state index in [4.69, 9.17) is 4.74 Å². The number of fused-ring (bicyclic) bond motifs is 1. The summed E-state index contributed by atoms with van der Waals surface area (Å²) < 4.78 is 11.4. The molecule has 1 fully saturated rings. The van der Waals surface area contributed by atoms with Crippen molar-refractivity contribution in [1.29, 1.82) is 0 Å². The number of anilines is 1. The first kappa shape index (κ1) is 18.0. The molecule has 1 unspecified atom stereocenters. The lowest BCUT2D eigenvalue weighted by atomic mass is 10.0. The highest BCUT2D eigenvalue weighted by molar-refractivity contribution is 7.13. The number of carbonyl (C=O) groups excluding carboxylic acids is 1. The summed E-state index contributed by atoms with van der Waals surface area (Å²) in [6, 6.07) is 8.45.